The third-order valence-corrected chi connectivity index (χ3v) is 6.91. The Labute approximate surface area is 172 Å². The van der Waals surface area contributed by atoms with Crippen LogP contribution in [-0.4, -0.2) is 37.8 Å². The molecule has 1 heterocycles. The lowest BCUT2D eigenvalue weighted by atomic mass is 10.2. The second kappa shape index (κ2) is 9.41. The van der Waals surface area contributed by atoms with Crippen molar-refractivity contribution in [3.8, 4) is 5.75 Å². The van der Waals surface area contributed by atoms with Crippen molar-refractivity contribution in [2.45, 2.75) is 50.5 Å². The molecule has 2 aromatic rings. The maximum Gasteiger partial charge on any atom is 0.265 e. The van der Waals surface area contributed by atoms with Crippen molar-refractivity contribution in [2.24, 2.45) is 0 Å². The van der Waals surface area contributed by atoms with E-state index in [-0.39, 0.29) is 10.8 Å². The summed E-state index contributed by atoms with van der Waals surface area (Å²) in [7, 11) is -3.50. The maximum atomic E-state index is 12.8. The topological polar surface area (TPSA) is 75.7 Å². The summed E-state index contributed by atoms with van der Waals surface area (Å²) in [6, 6.07) is 13.8. The first-order chi connectivity index (χ1) is 13.9. The molecule has 7 heteroatoms. The maximum absolute atomic E-state index is 12.8. The molecule has 0 aromatic heterocycles. The van der Waals surface area contributed by atoms with Crippen molar-refractivity contribution in [2.75, 3.05) is 18.4 Å². The molecule has 6 nitrogen and oxygen atoms in total. The highest BCUT2D eigenvalue weighted by molar-refractivity contribution is 7.89. The summed E-state index contributed by atoms with van der Waals surface area (Å²) in [6.07, 6.45) is 3.25. The number of sulfonamides is 1. The number of carbonyl (C=O) groups is 1. The van der Waals surface area contributed by atoms with Gasteiger partial charge in [0.2, 0.25) is 10.0 Å². The van der Waals surface area contributed by atoms with Crippen LogP contribution in [0.4, 0.5) is 5.69 Å². The summed E-state index contributed by atoms with van der Waals surface area (Å²) < 4.78 is 32.9. The molecule has 3 rings (SSSR count). The first-order valence-electron chi connectivity index (χ1n) is 10.0. The molecule has 0 aliphatic carbocycles. The highest BCUT2D eigenvalue weighted by Crippen LogP contribution is 2.22. The number of ether oxygens (including phenoxy) is 1. The fourth-order valence-corrected chi connectivity index (χ4v) is 4.85. The lowest BCUT2D eigenvalue weighted by Gasteiger charge is -2.20. The molecule has 0 unspecified atom stereocenters. The van der Waals surface area contributed by atoms with Crippen molar-refractivity contribution in [3.63, 3.8) is 0 Å². The zero-order chi connectivity index (χ0) is 20.9. The Bertz CT molecular complexity index is 934. The van der Waals surface area contributed by atoms with Crippen molar-refractivity contribution in [1.29, 1.82) is 0 Å². The minimum Gasteiger partial charge on any atom is -0.481 e. The van der Waals surface area contributed by atoms with E-state index in [0.29, 0.717) is 24.5 Å². The zero-order valence-electron chi connectivity index (χ0n) is 16.9. The van der Waals surface area contributed by atoms with Crippen LogP contribution in [0.2, 0.25) is 0 Å². The second-order valence-corrected chi connectivity index (χ2v) is 9.35. The SMILES string of the molecule is Cc1cccc(O[C@@H](C)C(=O)Nc2ccc(S(=O)(=O)N3CCCCCC3)cc2)c1. The van der Waals surface area contributed by atoms with Crippen LogP contribution in [0.15, 0.2) is 53.4 Å². The minimum atomic E-state index is -3.50. The average molecular weight is 417 g/mol. The molecule has 0 radical (unpaired) electrons. The van der Waals surface area contributed by atoms with Crippen molar-refractivity contribution in [1.82, 2.24) is 4.31 Å². The van der Waals surface area contributed by atoms with Crippen molar-refractivity contribution >= 4 is 21.6 Å². The van der Waals surface area contributed by atoms with Crippen LogP contribution in [-0.2, 0) is 14.8 Å². The van der Waals surface area contributed by atoms with Gasteiger partial charge in [0.05, 0.1) is 4.90 Å². The number of anilines is 1. The van der Waals surface area contributed by atoms with Crippen LogP contribution < -0.4 is 10.1 Å². The van der Waals surface area contributed by atoms with E-state index in [1.54, 1.807) is 41.6 Å². The van der Waals surface area contributed by atoms with Crippen LogP contribution in [0.25, 0.3) is 0 Å². The lowest BCUT2D eigenvalue weighted by Crippen LogP contribution is -2.32. The van der Waals surface area contributed by atoms with Gasteiger partial charge < -0.3 is 10.1 Å². The fourth-order valence-electron chi connectivity index (χ4n) is 3.33. The van der Waals surface area contributed by atoms with Crippen molar-refractivity contribution < 1.29 is 17.9 Å². The van der Waals surface area contributed by atoms with Crippen molar-refractivity contribution in [3.05, 3.63) is 54.1 Å². The van der Waals surface area contributed by atoms with E-state index >= 15 is 0 Å². The van der Waals surface area contributed by atoms with Gasteiger partial charge in [-0.1, -0.05) is 25.0 Å². The number of rotatable bonds is 6. The van der Waals surface area contributed by atoms with E-state index < -0.39 is 16.1 Å². The number of nitrogens with one attached hydrogen (secondary N) is 1. The molecule has 0 spiro atoms. The number of hydrogen-bond acceptors (Lipinski definition) is 4. The minimum absolute atomic E-state index is 0.251. The van der Waals surface area contributed by atoms with Crippen LogP contribution >= 0.6 is 0 Å². The van der Waals surface area contributed by atoms with Crippen LogP contribution in [0.5, 0.6) is 5.75 Å². The van der Waals surface area contributed by atoms with Crippen LogP contribution in [0.1, 0.15) is 38.2 Å². The number of benzene rings is 2. The molecular weight excluding hydrogens is 388 g/mol. The molecule has 156 valence electrons. The summed E-state index contributed by atoms with van der Waals surface area (Å²) in [6.45, 7) is 4.76. The quantitative estimate of drug-likeness (QED) is 0.773. The first kappa shape index (κ1) is 21.3. The van der Waals surface area contributed by atoms with Gasteiger partial charge in [0, 0.05) is 18.8 Å². The molecular formula is C22H28N2O4S. The standard InChI is InChI=1S/C22H28N2O4S/c1-17-8-7-9-20(16-17)28-18(2)22(25)23-19-10-12-21(13-11-19)29(26,27)24-14-5-3-4-6-15-24/h7-13,16,18H,3-6,14-15H2,1-2H3,(H,23,25)/t18-/m0/s1. The number of aryl methyl sites for hydroxylation is 1. The van der Waals surface area contributed by atoms with Gasteiger partial charge in [-0.15, -0.1) is 0 Å². The van der Waals surface area contributed by atoms with E-state index in [9.17, 15) is 13.2 Å². The smallest absolute Gasteiger partial charge is 0.265 e. The number of nitrogens with zero attached hydrogens (tertiary/aromatic N) is 1. The molecule has 1 aliphatic rings. The van der Waals surface area contributed by atoms with Gasteiger partial charge in [0.25, 0.3) is 5.91 Å². The number of hydrogen-bond donors (Lipinski definition) is 1. The molecule has 1 saturated heterocycles. The molecule has 0 saturated carbocycles. The Morgan fingerprint density at radius 2 is 1.69 bits per heavy atom. The van der Waals surface area contributed by atoms with Gasteiger partial charge in [0.15, 0.2) is 6.10 Å². The van der Waals surface area contributed by atoms with E-state index in [1.807, 2.05) is 25.1 Å². The predicted molar refractivity (Wildman–Crippen MR) is 114 cm³/mol. The highest BCUT2D eigenvalue weighted by Gasteiger charge is 2.25. The summed E-state index contributed by atoms with van der Waals surface area (Å²) in [4.78, 5) is 12.7. The third kappa shape index (κ3) is 5.58. The normalized spacial score (nSPS) is 16.6. The third-order valence-electron chi connectivity index (χ3n) is 5.00. The van der Waals surface area contributed by atoms with Gasteiger partial charge in [-0.05, 0) is 68.7 Å². The zero-order valence-corrected chi connectivity index (χ0v) is 17.7. The predicted octanol–water partition coefficient (Wildman–Crippen LogP) is 3.97. The largest absolute Gasteiger partial charge is 0.481 e. The summed E-state index contributed by atoms with van der Waals surface area (Å²) in [5.74, 6) is 0.334. The van der Waals surface area contributed by atoms with Gasteiger partial charge in [-0.2, -0.15) is 4.31 Å². The molecule has 2 aromatic carbocycles. The Balaban J connectivity index is 1.63. The van der Waals surface area contributed by atoms with E-state index in [2.05, 4.69) is 5.32 Å². The molecule has 1 amide bonds. The summed E-state index contributed by atoms with van der Waals surface area (Å²) >= 11 is 0. The highest BCUT2D eigenvalue weighted by atomic mass is 32.2. The second-order valence-electron chi connectivity index (χ2n) is 7.41. The molecule has 1 fully saturated rings. The first-order valence-corrected chi connectivity index (χ1v) is 11.4. The van der Waals surface area contributed by atoms with Crippen LogP contribution in [0, 0.1) is 6.92 Å². The van der Waals surface area contributed by atoms with Gasteiger partial charge in [-0.25, -0.2) is 8.42 Å². The van der Waals surface area contributed by atoms with Gasteiger partial charge in [-0.3, -0.25) is 4.79 Å². The summed E-state index contributed by atoms with van der Waals surface area (Å²) in [5.41, 5.74) is 1.58. The number of carbonyl (C=O) groups excluding carboxylic acids is 1. The number of amides is 1. The van der Waals surface area contributed by atoms with E-state index in [1.165, 1.54) is 0 Å². The van der Waals surface area contributed by atoms with Crippen LogP contribution in [0.3, 0.4) is 0 Å². The lowest BCUT2D eigenvalue weighted by molar-refractivity contribution is -0.122. The molecule has 0 bridgehead atoms. The molecule has 29 heavy (non-hydrogen) atoms. The molecule has 1 N–H and O–H groups in total. The van der Waals surface area contributed by atoms with E-state index in [0.717, 1.165) is 31.2 Å². The Hall–Kier alpha value is -2.38. The molecule has 1 aliphatic heterocycles. The Morgan fingerprint density at radius 1 is 1.03 bits per heavy atom. The summed E-state index contributed by atoms with van der Waals surface area (Å²) in [5, 5.41) is 2.77. The fraction of sp³-hybridized carbons (Fsp3) is 0.409. The Kier molecular flexibility index (Phi) is 6.92. The average Bonchev–Trinajstić information content (AvgIpc) is 2.98. The monoisotopic (exact) mass is 416 g/mol. The Morgan fingerprint density at radius 3 is 2.31 bits per heavy atom. The van der Waals surface area contributed by atoms with Gasteiger partial charge in [0.1, 0.15) is 5.75 Å². The molecule has 1 atom stereocenters. The van der Waals surface area contributed by atoms with Gasteiger partial charge >= 0.3 is 0 Å². The van der Waals surface area contributed by atoms with E-state index in [4.69, 9.17) is 4.74 Å².